The predicted octanol–water partition coefficient (Wildman–Crippen LogP) is 7.48. The monoisotopic (exact) mass is 725 g/mol. The van der Waals surface area contributed by atoms with E-state index in [1.165, 1.54) is 12.1 Å². The lowest BCUT2D eigenvalue weighted by Gasteiger charge is -2.31. The van der Waals surface area contributed by atoms with Gasteiger partial charge >= 0.3 is 0 Å². The van der Waals surface area contributed by atoms with Crippen LogP contribution in [-0.4, -0.2) is 35.7 Å². The largest absolute Gasteiger partial charge is 0.494 e. The summed E-state index contributed by atoms with van der Waals surface area (Å²) in [6, 6.07) is 35.9. The highest BCUT2D eigenvalue weighted by molar-refractivity contribution is 9.10. The summed E-state index contributed by atoms with van der Waals surface area (Å²) < 4.78 is 40.9. The molecule has 5 aromatic carbocycles. The van der Waals surface area contributed by atoms with Crippen LogP contribution >= 0.6 is 15.9 Å². The Labute approximate surface area is 291 Å². The summed E-state index contributed by atoms with van der Waals surface area (Å²) in [4.78, 5) is 19.5. The number of carbonyl (C=O) groups is 1. The van der Waals surface area contributed by atoms with Gasteiger partial charge in [0.15, 0.2) is 11.6 Å². The highest BCUT2D eigenvalue weighted by atomic mass is 79.9. The number of hydrazine groups is 1. The normalized spacial score (nSPS) is 16.9. The van der Waals surface area contributed by atoms with E-state index in [0.717, 1.165) is 32.8 Å². The topological polar surface area (TPSA) is 92.2 Å². The van der Waals surface area contributed by atoms with Crippen LogP contribution in [0.15, 0.2) is 131 Å². The maximum absolute atomic E-state index is 14.5. The Morgan fingerprint density at radius 1 is 0.837 bits per heavy atom. The molecule has 49 heavy (non-hydrogen) atoms. The first kappa shape index (κ1) is 34.0. The Hall–Kier alpha value is -4.90. The van der Waals surface area contributed by atoms with Gasteiger partial charge in [0.25, 0.3) is 5.91 Å². The molecule has 1 aliphatic rings. The standard InChI is InChI=1S/C39H34BrF2N3O4/c40-32-15-7-26(8-16-32)24-39(38(47)45-43-25-27-21-33(41)23-34(42)22-27)36(30-11-9-29(10-12-30)28-5-2-1-3-6-28)49-37(44-39)31-13-17-35(18-14-31)48-20-4-19-46/h1-3,5-18,21-23,36,43,46H,4,19-20,24-25H2,(H,45,47)/t36-,39-/m0/s1. The van der Waals surface area contributed by atoms with E-state index in [1.54, 1.807) is 12.1 Å². The highest BCUT2D eigenvalue weighted by Crippen LogP contribution is 2.43. The number of benzene rings is 5. The molecule has 0 unspecified atom stereocenters. The molecule has 10 heteroatoms. The van der Waals surface area contributed by atoms with Crippen LogP contribution in [0.5, 0.6) is 5.75 Å². The third-order valence-corrected chi connectivity index (χ3v) is 8.68. The van der Waals surface area contributed by atoms with Crippen molar-refractivity contribution in [2.75, 3.05) is 13.2 Å². The van der Waals surface area contributed by atoms with Crippen LogP contribution in [0.2, 0.25) is 0 Å². The number of ether oxygens (including phenoxy) is 2. The van der Waals surface area contributed by atoms with E-state index in [-0.39, 0.29) is 25.5 Å². The van der Waals surface area contributed by atoms with Gasteiger partial charge in [-0.2, -0.15) is 0 Å². The number of rotatable bonds is 13. The minimum atomic E-state index is -1.49. The molecule has 0 bridgehead atoms. The Morgan fingerprint density at radius 3 is 2.16 bits per heavy atom. The summed E-state index contributed by atoms with van der Waals surface area (Å²) in [6.07, 6.45) is -0.151. The summed E-state index contributed by atoms with van der Waals surface area (Å²) in [5, 5.41) is 9.09. The van der Waals surface area contributed by atoms with Gasteiger partial charge in [-0.1, -0.05) is 82.7 Å². The van der Waals surface area contributed by atoms with Crippen molar-refractivity contribution in [1.82, 2.24) is 10.9 Å². The zero-order valence-corrected chi connectivity index (χ0v) is 28.0. The number of aliphatic hydroxyl groups is 1. The molecular weight excluding hydrogens is 692 g/mol. The van der Waals surface area contributed by atoms with Gasteiger partial charge in [0, 0.05) is 42.1 Å². The van der Waals surface area contributed by atoms with Crippen LogP contribution in [0.3, 0.4) is 0 Å². The molecule has 2 atom stereocenters. The van der Waals surface area contributed by atoms with Crippen LogP contribution in [0.25, 0.3) is 11.1 Å². The summed E-state index contributed by atoms with van der Waals surface area (Å²) >= 11 is 3.49. The molecule has 0 aliphatic carbocycles. The van der Waals surface area contributed by atoms with E-state index in [0.29, 0.717) is 29.9 Å². The van der Waals surface area contributed by atoms with Gasteiger partial charge in [0.1, 0.15) is 17.4 Å². The van der Waals surface area contributed by atoms with Crippen molar-refractivity contribution in [2.24, 2.45) is 4.99 Å². The SMILES string of the molecule is O=C(NNCc1cc(F)cc(F)c1)[C@@]1(Cc2ccc(Br)cc2)N=C(c2ccc(OCCCO)cc2)O[C@H]1c1ccc(-c2ccccc2)cc1. The number of aliphatic imine (C=N–C) groups is 1. The first-order valence-electron chi connectivity index (χ1n) is 15.8. The maximum Gasteiger partial charge on any atom is 0.266 e. The molecule has 1 amide bonds. The fourth-order valence-electron chi connectivity index (χ4n) is 5.72. The molecular formula is C39H34BrF2N3O4. The van der Waals surface area contributed by atoms with Gasteiger partial charge < -0.3 is 14.6 Å². The number of amides is 1. The lowest BCUT2D eigenvalue weighted by molar-refractivity contribution is -0.130. The van der Waals surface area contributed by atoms with Gasteiger partial charge in [-0.05, 0) is 76.3 Å². The van der Waals surface area contributed by atoms with Crippen LogP contribution in [0.4, 0.5) is 8.78 Å². The number of hydrogen-bond donors (Lipinski definition) is 3. The van der Waals surface area contributed by atoms with Gasteiger partial charge in [0.2, 0.25) is 5.90 Å². The van der Waals surface area contributed by atoms with Crippen molar-refractivity contribution in [3.8, 4) is 16.9 Å². The molecule has 0 radical (unpaired) electrons. The van der Waals surface area contributed by atoms with Gasteiger partial charge in [-0.3, -0.25) is 10.2 Å². The first-order chi connectivity index (χ1) is 23.8. The molecule has 1 heterocycles. The summed E-state index contributed by atoms with van der Waals surface area (Å²) in [6.45, 7) is 0.382. The minimum Gasteiger partial charge on any atom is -0.494 e. The second-order valence-corrected chi connectivity index (χ2v) is 12.6. The molecule has 6 rings (SSSR count). The van der Waals surface area contributed by atoms with Crippen LogP contribution in [-0.2, 0) is 22.5 Å². The van der Waals surface area contributed by atoms with Crippen molar-refractivity contribution in [2.45, 2.75) is 31.0 Å². The van der Waals surface area contributed by atoms with Crippen molar-refractivity contribution >= 4 is 27.7 Å². The Balaban J connectivity index is 1.37. The average molecular weight is 727 g/mol. The van der Waals surface area contributed by atoms with Crippen LogP contribution < -0.4 is 15.6 Å². The van der Waals surface area contributed by atoms with Crippen molar-refractivity contribution < 1.29 is 28.2 Å². The molecule has 0 fully saturated rings. The third kappa shape index (κ3) is 8.22. The van der Waals surface area contributed by atoms with Crippen molar-refractivity contribution in [1.29, 1.82) is 0 Å². The molecule has 5 aromatic rings. The molecule has 3 N–H and O–H groups in total. The summed E-state index contributed by atoms with van der Waals surface area (Å²) in [5.74, 6) is -1.00. The molecule has 1 aliphatic heterocycles. The second kappa shape index (κ2) is 15.5. The zero-order chi connectivity index (χ0) is 34.2. The lowest BCUT2D eigenvalue weighted by Crippen LogP contribution is -2.53. The third-order valence-electron chi connectivity index (χ3n) is 8.15. The van der Waals surface area contributed by atoms with E-state index in [2.05, 4.69) is 26.8 Å². The average Bonchev–Trinajstić information content (AvgIpc) is 3.50. The fourth-order valence-corrected chi connectivity index (χ4v) is 5.99. The second-order valence-electron chi connectivity index (χ2n) is 11.7. The number of nitrogens with one attached hydrogen (secondary N) is 2. The number of halogens is 3. The van der Waals surface area contributed by atoms with E-state index >= 15 is 0 Å². The zero-order valence-electron chi connectivity index (χ0n) is 26.4. The Bertz CT molecular complexity index is 1890. The summed E-state index contributed by atoms with van der Waals surface area (Å²) in [5.41, 5.74) is 8.72. The van der Waals surface area contributed by atoms with Crippen molar-refractivity contribution in [3.05, 3.63) is 160 Å². The molecule has 0 saturated heterocycles. The number of hydrogen-bond acceptors (Lipinski definition) is 6. The molecule has 0 spiro atoms. The van der Waals surface area contributed by atoms with Crippen molar-refractivity contribution in [3.63, 3.8) is 0 Å². The predicted molar refractivity (Wildman–Crippen MR) is 188 cm³/mol. The Kier molecular flexibility index (Phi) is 10.8. The highest BCUT2D eigenvalue weighted by Gasteiger charge is 2.53. The maximum atomic E-state index is 14.5. The minimum absolute atomic E-state index is 0.0274. The van der Waals surface area contributed by atoms with Gasteiger partial charge in [0.05, 0.1) is 6.61 Å². The molecule has 7 nitrogen and oxygen atoms in total. The van der Waals surface area contributed by atoms with E-state index in [4.69, 9.17) is 19.6 Å². The number of carbonyl (C=O) groups excluding carboxylic acids is 1. The quantitative estimate of drug-likeness (QED) is 0.0866. The lowest BCUT2D eigenvalue weighted by atomic mass is 9.82. The molecule has 0 aromatic heterocycles. The Morgan fingerprint density at radius 2 is 1.49 bits per heavy atom. The van der Waals surface area contributed by atoms with Crippen LogP contribution in [0.1, 0.15) is 34.8 Å². The van der Waals surface area contributed by atoms with E-state index < -0.39 is 29.2 Å². The smallest absolute Gasteiger partial charge is 0.266 e. The molecule has 250 valence electrons. The van der Waals surface area contributed by atoms with Crippen LogP contribution in [0, 0.1) is 11.6 Å². The fraction of sp³-hybridized carbons (Fsp3) is 0.179. The number of nitrogens with zero attached hydrogens (tertiary/aromatic N) is 1. The molecule has 0 saturated carbocycles. The van der Waals surface area contributed by atoms with E-state index in [1.807, 2.05) is 91.0 Å². The van der Waals surface area contributed by atoms with Gasteiger partial charge in [-0.15, -0.1) is 0 Å². The first-order valence-corrected chi connectivity index (χ1v) is 16.6. The number of aliphatic hydroxyl groups excluding tert-OH is 1. The summed E-state index contributed by atoms with van der Waals surface area (Å²) in [7, 11) is 0. The van der Waals surface area contributed by atoms with E-state index in [9.17, 15) is 13.6 Å². The van der Waals surface area contributed by atoms with Gasteiger partial charge in [-0.25, -0.2) is 19.2 Å².